The van der Waals surface area contributed by atoms with Crippen LogP contribution in [0.15, 0.2) is 34.7 Å². The van der Waals surface area contributed by atoms with Crippen LogP contribution in [0.1, 0.15) is 20.3 Å². The summed E-state index contributed by atoms with van der Waals surface area (Å²) < 4.78 is 5.45. The van der Waals surface area contributed by atoms with E-state index < -0.39 is 12.0 Å². The molecular weight excluding hydrogens is 372 g/mol. The number of hydrogen-bond donors (Lipinski definition) is 2. The van der Waals surface area contributed by atoms with E-state index in [-0.39, 0.29) is 17.6 Å². The number of ether oxygens (including phenoxy) is 1. The molecule has 0 saturated heterocycles. The van der Waals surface area contributed by atoms with Crippen molar-refractivity contribution in [1.29, 1.82) is 0 Å². The van der Waals surface area contributed by atoms with Gasteiger partial charge in [-0.25, -0.2) is 4.79 Å². The zero-order valence-corrected chi connectivity index (χ0v) is 16.5. The van der Waals surface area contributed by atoms with Gasteiger partial charge in [-0.1, -0.05) is 61.6 Å². The van der Waals surface area contributed by atoms with Crippen LogP contribution < -0.4 is 10.6 Å². The summed E-state index contributed by atoms with van der Waals surface area (Å²) in [5.41, 5.74) is 0.924. The summed E-state index contributed by atoms with van der Waals surface area (Å²) in [6, 6.07) is 9.03. The predicted octanol–water partition coefficient (Wildman–Crippen LogP) is 3.08. The topological polar surface area (TPSA) is 93.2 Å². The van der Waals surface area contributed by atoms with Gasteiger partial charge in [0.15, 0.2) is 4.34 Å². The van der Waals surface area contributed by atoms with Gasteiger partial charge in [0, 0.05) is 5.69 Å². The first kappa shape index (κ1) is 20.2. The molecule has 1 aromatic heterocycles. The molecule has 1 heterocycles. The smallest absolute Gasteiger partial charge is 0.328 e. The van der Waals surface area contributed by atoms with Crippen molar-refractivity contribution < 1.29 is 14.3 Å². The molecule has 0 bridgehead atoms. The quantitative estimate of drug-likeness (QED) is 0.499. The second-order valence-corrected chi connectivity index (χ2v) is 7.81. The molecule has 0 spiro atoms. The first-order valence-corrected chi connectivity index (χ1v) is 9.99. The highest BCUT2D eigenvalue weighted by Gasteiger charge is 2.26. The molecule has 2 rings (SSSR count). The maximum absolute atomic E-state index is 12.2. The summed E-state index contributed by atoms with van der Waals surface area (Å²) in [6.07, 6.45) is 0.762. The number of hydrogen-bond acceptors (Lipinski definition) is 8. The molecule has 0 aliphatic heterocycles. The molecule has 140 valence electrons. The number of nitrogens with zero attached hydrogens (tertiary/aromatic N) is 2. The van der Waals surface area contributed by atoms with Crippen LogP contribution >= 0.6 is 23.1 Å². The molecule has 9 heteroatoms. The molecule has 0 fully saturated rings. The number of carbonyl (C=O) groups is 2. The second kappa shape index (κ2) is 10.1. The van der Waals surface area contributed by atoms with E-state index in [0.717, 1.165) is 12.1 Å². The van der Waals surface area contributed by atoms with Crippen molar-refractivity contribution in [3.05, 3.63) is 30.3 Å². The number of thioether (sulfide) groups is 1. The summed E-state index contributed by atoms with van der Waals surface area (Å²) in [5, 5.41) is 14.7. The van der Waals surface area contributed by atoms with Crippen molar-refractivity contribution in [3.8, 4) is 0 Å². The lowest BCUT2D eigenvalue weighted by atomic mass is 9.99. The highest BCUT2D eigenvalue weighted by Crippen LogP contribution is 2.27. The summed E-state index contributed by atoms with van der Waals surface area (Å²) >= 11 is 2.65. The van der Waals surface area contributed by atoms with Crippen molar-refractivity contribution in [3.63, 3.8) is 0 Å². The van der Waals surface area contributed by atoms with Crippen LogP contribution in [0.5, 0.6) is 0 Å². The molecule has 0 unspecified atom stereocenters. The van der Waals surface area contributed by atoms with E-state index in [9.17, 15) is 9.59 Å². The predicted molar refractivity (Wildman–Crippen MR) is 104 cm³/mol. The minimum atomic E-state index is -0.636. The Morgan fingerprint density at radius 2 is 2.00 bits per heavy atom. The van der Waals surface area contributed by atoms with E-state index in [1.807, 2.05) is 44.2 Å². The third-order valence-electron chi connectivity index (χ3n) is 3.74. The Kier molecular flexibility index (Phi) is 7.86. The Morgan fingerprint density at radius 3 is 2.65 bits per heavy atom. The van der Waals surface area contributed by atoms with Crippen LogP contribution in [0.2, 0.25) is 0 Å². The Morgan fingerprint density at radius 1 is 1.27 bits per heavy atom. The average Bonchev–Trinajstić information content (AvgIpc) is 3.11. The van der Waals surface area contributed by atoms with E-state index >= 15 is 0 Å². The van der Waals surface area contributed by atoms with Gasteiger partial charge < -0.3 is 15.4 Å². The summed E-state index contributed by atoms with van der Waals surface area (Å²) in [5.74, 6) is -0.509. The van der Waals surface area contributed by atoms with Crippen molar-refractivity contribution in [2.45, 2.75) is 30.6 Å². The first-order valence-electron chi connectivity index (χ1n) is 8.19. The van der Waals surface area contributed by atoms with Gasteiger partial charge in [-0.3, -0.25) is 4.79 Å². The number of para-hydroxylation sites is 1. The number of amides is 1. The number of esters is 1. The largest absolute Gasteiger partial charge is 0.467 e. The average molecular weight is 395 g/mol. The van der Waals surface area contributed by atoms with Crippen LogP contribution in [0.4, 0.5) is 10.8 Å². The number of carbonyl (C=O) groups excluding carboxylic acids is 2. The number of rotatable bonds is 9. The fraction of sp³-hybridized carbons (Fsp3) is 0.412. The Hall–Kier alpha value is -2.13. The fourth-order valence-electron chi connectivity index (χ4n) is 2.10. The maximum atomic E-state index is 12.2. The molecule has 0 aliphatic rings. The molecule has 1 aromatic carbocycles. The highest BCUT2D eigenvalue weighted by molar-refractivity contribution is 8.01. The normalized spacial score (nSPS) is 12.9. The molecule has 0 saturated carbocycles. The minimum Gasteiger partial charge on any atom is -0.467 e. The molecule has 0 aliphatic carbocycles. The monoisotopic (exact) mass is 394 g/mol. The highest BCUT2D eigenvalue weighted by atomic mass is 32.2. The molecule has 2 aromatic rings. The number of nitrogens with one attached hydrogen (secondary N) is 2. The molecule has 2 atom stereocenters. The summed E-state index contributed by atoms with van der Waals surface area (Å²) in [4.78, 5) is 24.0. The molecule has 2 N–H and O–H groups in total. The third kappa shape index (κ3) is 5.99. The standard InChI is InChI=1S/C17H22N4O3S2/c1-4-11(2)14(15(23)24-3)19-13(22)10-25-17-21-20-16(26-17)18-12-8-6-5-7-9-12/h5-9,11,14H,4,10H2,1-3H3,(H,18,20)(H,19,22)/t11-,14+/m1/s1. The molecule has 26 heavy (non-hydrogen) atoms. The number of methoxy groups -OCH3 is 1. The van der Waals surface area contributed by atoms with Crippen molar-refractivity contribution >= 4 is 45.8 Å². The summed E-state index contributed by atoms with van der Waals surface area (Å²) in [7, 11) is 1.32. The van der Waals surface area contributed by atoms with Gasteiger partial charge in [0.25, 0.3) is 0 Å². The van der Waals surface area contributed by atoms with Crippen LogP contribution in [0, 0.1) is 5.92 Å². The van der Waals surface area contributed by atoms with Gasteiger partial charge in [0.05, 0.1) is 12.9 Å². The number of anilines is 2. The van der Waals surface area contributed by atoms with Gasteiger partial charge in [0.2, 0.25) is 11.0 Å². The SMILES string of the molecule is CC[C@@H](C)[C@H](NC(=O)CSc1nnc(Nc2ccccc2)s1)C(=O)OC. The Balaban J connectivity index is 1.86. The van der Waals surface area contributed by atoms with Crippen LogP contribution in [0.3, 0.4) is 0 Å². The van der Waals surface area contributed by atoms with E-state index in [1.54, 1.807) is 0 Å². The van der Waals surface area contributed by atoms with Crippen LogP contribution in [0.25, 0.3) is 0 Å². The molecular formula is C17H22N4O3S2. The fourth-order valence-corrected chi connectivity index (χ4v) is 3.69. The zero-order valence-electron chi connectivity index (χ0n) is 14.9. The van der Waals surface area contributed by atoms with Crippen LogP contribution in [-0.4, -0.2) is 41.0 Å². The van der Waals surface area contributed by atoms with Crippen molar-refractivity contribution in [2.24, 2.45) is 5.92 Å². The lowest BCUT2D eigenvalue weighted by Crippen LogP contribution is -2.46. The first-order chi connectivity index (χ1) is 12.5. The maximum Gasteiger partial charge on any atom is 0.328 e. The Labute approximate surface area is 160 Å². The third-order valence-corrected chi connectivity index (χ3v) is 5.71. The van der Waals surface area contributed by atoms with E-state index in [0.29, 0.717) is 9.47 Å². The van der Waals surface area contributed by atoms with Crippen molar-refractivity contribution in [1.82, 2.24) is 15.5 Å². The van der Waals surface area contributed by atoms with E-state index in [4.69, 9.17) is 4.74 Å². The lowest BCUT2D eigenvalue weighted by molar-refractivity contribution is -0.146. The van der Waals surface area contributed by atoms with Crippen LogP contribution in [-0.2, 0) is 14.3 Å². The lowest BCUT2D eigenvalue weighted by Gasteiger charge is -2.21. The summed E-state index contributed by atoms with van der Waals surface area (Å²) in [6.45, 7) is 3.87. The number of benzene rings is 1. The van der Waals surface area contributed by atoms with E-state index in [1.165, 1.54) is 30.2 Å². The second-order valence-electron chi connectivity index (χ2n) is 5.61. The van der Waals surface area contributed by atoms with Gasteiger partial charge in [0.1, 0.15) is 6.04 Å². The van der Waals surface area contributed by atoms with Gasteiger partial charge in [-0.15, -0.1) is 10.2 Å². The van der Waals surface area contributed by atoms with Gasteiger partial charge in [-0.05, 0) is 18.1 Å². The van der Waals surface area contributed by atoms with Crippen molar-refractivity contribution in [2.75, 3.05) is 18.2 Å². The zero-order chi connectivity index (χ0) is 18.9. The molecule has 7 nitrogen and oxygen atoms in total. The number of aromatic nitrogens is 2. The van der Waals surface area contributed by atoms with Gasteiger partial charge >= 0.3 is 5.97 Å². The van der Waals surface area contributed by atoms with Gasteiger partial charge in [-0.2, -0.15) is 0 Å². The van der Waals surface area contributed by atoms with E-state index in [2.05, 4.69) is 20.8 Å². The minimum absolute atomic E-state index is 0.000366. The Bertz CT molecular complexity index is 724. The molecule has 0 radical (unpaired) electrons. The molecule has 1 amide bonds.